The van der Waals surface area contributed by atoms with E-state index in [0.717, 1.165) is 13.2 Å². The Labute approximate surface area is 83.3 Å². The van der Waals surface area contributed by atoms with E-state index in [-0.39, 0.29) is 0 Å². The molecule has 0 heterocycles. The third-order valence-corrected chi connectivity index (χ3v) is 2.80. The summed E-state index contributed by atoms with van der Waals surface area (Å²) in [5.41, 5.74) is 0.487. The Hall–Kier alpha value is -0.0800. The largest absolute Gasteiger partial charge is 0.383 e. The Balaban J connectivity index is 3.51. The molecule has 0 N–H and O–H groups in total. The van der Waals surface area contributed by atoms with Crippen LogP contribution in [0.15, 0.2) is 0 Å². The molecule has 13 heavy (non-hydrogen) atoms. The van der Waals surface area contributed by atoms with Crippen molar-refractivity contribution in [2.75, 3.05) is 33.9 Å². The lowest BCUT2D eigenvalue weighted by Gasteiger charge is -2.26. The summed E-state index contributed by atoms with van der Waals surface area (Å²) in [6.45, 7) is 9.97. The minimum Gasteiger partial charge on any atom is -0.383 e. The lowest BCUT2D eigenvalue weighted by molar-refractivity contribution is 0.151. The first kappa shape index (κ1) is 12.9. The Morgan fingerprint density at radius 2 is 1.85 bits per heavy atom. The number of ether oxygens (including phenoxy) is 1. The van der Waals surface area contributed by atoms with E-state index < -0.39 is 0 Å². The highest BCUT2D eigenvalue weighted by Crippen LogP contribution is 2.24. The average Bonchev–Trinajstić information content (AvgIpc) is 2.11. The summed E-state index contributed by atoms with van der Waals surface area (Å²) in [7, 11) is 3.91. The lowest BCUT2D eigenvalue weighted by Crippen LogP contribution is -2.27. The van der Waals surface area contributed by atoms with E-state index in [2.05, 4.69) is 32.7 Å². The molecule has 0 spiro atoms. The maximum absolute atomic E-state index is 5.03. The molecule has 0 fully saturated rings. The van der Waals surface area contributed by atoms with Crippen molar-refractivity contribution >= 4 is 0 Å². The van der Waals surface area contributed by atoms with Gasteiger partial charge in [0, 0.05) is 13.7 Å². The summed E-state index contributed by atoms with van der Waals surface area (Å²) in [4.78, 5) is 2.33. The van der Waals surface area contributed by atoms with Crippen LogP contribution in [0.4, 0.5) is 0 Å². The smallest absolute Gasteiger partial charge is 0.0589 e. The van der Waals surface area contributed by atoms with Gasteiger partial charge in [0.05, 0.1) is 6.61 Å². The Morgan fingerprint density at radius 1 is 1.23 bits per heavy atom. The van der Waals surface area contributed by atoms with Gasteiger partial charge in [-0.25, -0.2) is 0 Å². The van der Waals surface area contributed by atoms with Crippen LogP contribution in [0, 0.1) is 5.41 Å². The van der Waals surface area contributed by atoms with Crippen molar-refractivity contribution in [3.05, 3.63) is 0 Å². The Bertz CT molecular complexity index is 123. The fourth-order valence-electron chi connectivity index (χ4n) is 1.03. The van der Waals surface area contributed by atoms with E-state index in [9.17, 15) is 0 Å². The molecular weight excluding hydrogens is 162 g/mol. The molecule has 0 radical (unpaired) electrons. The van der Waals surface area contributed by atoms with Crippen LogP contribution < -0.4 is 0 Å². The Kier molecular flexibility index (Phi) is 6.35. The first-order chi connectivity index (χ1) is 6.02. The molecule has 0 aromatic rings. The maximum atomic E-state index is 5.03. The Morgan fingerprint density at radius 3 is 2.31 bits per heavy atom. The molecule has 0 atom stereocenters. The number of methoxy groups -OCH3 is 1. The molecule has 0 unspecified atom stereocenters. The number of nitrogens with zero attached hydrogens (tertiary/aromatic N) is 1. The topological polar surface area (TPSA) is 12.5 Å². The number of rotatable bonds is 7. The van der Waals surface area contributed by atoms with Crippen molar-refractivity contribution in [2.24, 2.45) is 5.41 Å². The van der Waals surface area contributed by atoms with Crippen molar-refractivity contribution in [3.8, 4) is 0 Å². The lowest BCUT2D eigenvalue weighted by atomic mass is 9.86. The fraction of sp³-hybridized carbons (Fsp3) is 1.00. The van der Waals surface area contributed by atoms with Crippen LogP contribution in [0.5, 0.6) is 0 Å². The normalized spacial score (nSPS) is 12.5. The molecule has 0 aliphatic rings. The summed E-state index contributed by atoms with van der Waals surface area (Å²) in [6, 6.07) is 0. The van der Waals surface area contributed by atoms with Crippen LogP contribution in [0.1, 0.15) is 33.6 Å². The maximum Gasteiger partial charge on any atom is 0.0589 e. The van der Waals surface area contributed by atoms with Gasteiger partial charge < -0.3 is 9.64 Å². The van der Waals surface area contributed by atoms with Crippen LogP contribution >= 0.6 is 0 Å². The summed E-state index contributed by atoms with van der Waals surface area (Å²) in [6.07, 6.45) is 2.52. The van der Waals surface area contributed by atoms with Gasteiger partial charge in [-0.2, -0.15) is 0 Å². The molecule has 0 bridgehead atoms. The third kappa shape index (κ3) is 7.03. The van der Waals surface area contributed by atoms with Crippen LogP contribution in [0.2, 0.25) is 0 Å². The molecule has 0 amide bonds. The molecule has 0 saturated carbocycles. The monoisotopic (exact) mass is 187 g/mol. The number of likely N-dealkylation sites (N-methyl/N-ethyl adjacent to an activating group) is 1. The van der Waals surface area contributed by atoms with Gasteiger partial charge in [-0.15, -0.1) is 0 Å². The standard InChI is InChI=1S/C11H25NO/c1-6-11(2,3)7-8-12(4)9-10-13-5/h6-10H2,1-5H3. The highest BCUT2D eigenvalue weighted by atomic mass is 16.5. The van der Waals surface area contributed by atoms with E-state index in [4.69, 9.17) is 4.74 Å². The molecule has 2 heteroatoms. The minimum atomic E-state index is 0.487. The van der Waals surface area contributed by atoms with Crippen LogP contribution in [-0.2, 0) is 4.74 Å². The second-order valence-electron chi connectivity index (χ2n) is 4.56. The average molecular weight is 187 g/mol. The molecule has 0 saturated heterocycles. The van der Waals surface area contributed by atoms with Gasteiger partial charge in [0.1, 0.15) is 0 Å². The fourth-order valence-corrected chi connectivity index (χ4v) is 1.03. The predicted octanol–water partition coefficient (Wildman–Crippen LogP) is 2.39. The van der Waals surface area contributed by atoms with Crippen molar-refractivity contribution in [1.29, 1.82) is 0 Å². The molecule has 0 aromatic heterocycles. The molecule has 0 aromatic carbocycles. The SMILES string of the molecule is CCC(C)(C)CCN(C)CCOC. The third-order valence-electron chi connectivity index (χ3n) is 2.80. The highest BCUT2D eigenvalue weighted by Gasteiger charge is 2.15. The van der Waals surface area contributed by atoms with Crippen LogP contribution in [-0.4, -0.2) is 38.8 Å². The van der Waals surface area contributed by atoms with E-state index in [0.29, 0.717) is 5.41 Å². The molecule has 2 nitrogen and oxygen atoms in total. The molecule has 80 valence electrons. The van der Waals surface area contributed by atoms with Crippen molar-refractivity contribution in [2.45, 2.75) is 33.6 Å². The van der Waals surface area contributed by atoms with Crippen molar-refractivity contribution in [1.82, 2.24) is 4.90 Å². The van der Waals surface area contributed by atoms with Gasteiger partial charge in [0.25, 0.3) is 0 Å². The first-order valence-electron chi connectivity index (χ1n) is 5.19. The second kappa shape index (κ2) is 6.39. The second-order valence-corrected chi connectivity index (χ2v) is 4.56. The van der Waals surface area contributed by atoms with Gasteiger partial charge in [-0.05, 0) is 25.4 Å². The zero-order valence-corrected chi connectivity index (χ0v) is 9.89. The molecular formula is C11H25NO. The van der Waals surface area contributed by atoms with Gasteiger partial charge in [0.15, 0.2) is 0 Å². The zero-order valence-electron chi connectivity index (χ0n) is 9.89. The van der Waals surface area contributed by atoms with E-state index in [1.807, 2.05) is 0 Å². The predicted molar refractivity (Wildman–Crippen MR) is 58.1 cm³/mol. The molecule has 0 aliphatic heterocycles. The highest BCUT2D eigenvalue weighted by molar-refractivity contribution is 4.68. The van der Waals surface area contributed by atoms with Crippen LogP contribution in [0.25, 0.3) is 0 Å². The van der Waals surface area contributed by atoms with E-state index in [1.54, 1.807) is 7.11 Å². The van der Waals surface area contributed by atoms with Gasteiger partial charge >= 0.3 is 0 Å². The van der Waals surface area contributed by atoms with Gasteiger partial charge in [-0.3, -0.25) is 0 Å². The summed E-state index contributed by atoms with van der Waals surface area (Å²) < 4.78 is 5.03. The minimum absolute atomic E-state index is 0.487. The zero-order chi connectivity index (χ0) is 10.3. The molecule has 0 aliphatic carbocycles. The van der Waals surface area contributed by atoms with Gasteiger partial charge in [0.2, 0.25) is 0 Å². The summed E-state index contributed by atoms with van der Waals surface area (Å²) >= 11 is 0. The first-order valence-corrected chi connectivity index (χ1v) is 5.19. The summed E-state index contributed by atoms with van der Waals surface area (Å²) in [5.74, 6) is 0. The number of hydrogen-bond acceptors (Lipinski definition) is 2. The molecule has 0 rings (SSSR count). The summed E-state index contributed by atoms with van der Waals surface area (Å²) in [5, 5.41) is 0. The van der Waals surface area contributed by atoms with Crippen molar-refractivity contribution in [3.63, 3.8) is 0 Å². The van der Waals surface area contributed by atoms with Crippen molar-refractivity contribution < 1.29 is 4.74 Å². The van der Waals surface area contributed by atoms with E-state index in [1.165, 1.54) is 19.4 Å². The van der Waals surface area contributed by atoms with Gasteiger partial charge in [-0.1, -0.05) is 27.2 Å². The number of hydrogen-bond donors (Lipinski definition) is 0. The van der Waals surface area contributed by atoms with Crippen LogP contribution in [0.3, 0.4) is 0 Å². The quantitative estimate of drug-likeness (QED) is 0.607. The van der Waals surface area contributed by atoms with E-state index >= 15 is 0 Å².